The molecular formula is C9H12NO2. The summed E-state index contributed by atoms with van der Waals surface area (Å²) in [7, 11) is 0. The van der Waals surface area contributed by atoms with Crippen LogP contribution in [0.25, 0.3) is 0 Å². The van der Waals surface area contributed by atoms with Gasteiger partial charge in [0.2, 0.25) is 12.2 Å². The van der Waals surface area contributed by atoms with Gasteiger partial charge in [-0.25, -0.2) is 0 Å². The van der Waals surface area contributed by atoms with Crippen molar-refractivity contribution in [3.8, 4) is 0 Å². The number of carbonyl (C=O) groups is 1. The van der Waals surface area contributed by atoms with Crippen molar-refractivity contribution >= 4 is 12.2 Å². The lowest BCUT2D eigenvalue weighted by molar-refractivity contribution is -0.124. The van der Waals surface area contributed by atoms with Crippen LogP contribution in [-0.4, -0.2) is 12.2 Å². The van der Waals surface area contributed by atoms with E-state index < -0.39 is 11.3 Å². The number of primary amides is 1. The SMILES string of the molecule is C=CCC([C]=O)(CC=C)C(N)=O. The molecule has 0 saturated carbocycles. The number of carbonyl (C=O) groups excluding carboxylic acids is 2. The molecule has 1 radical (unpaired) electrons. The largest absolute Gasteiger partial charge is 0.369 e. The Hall–Kier alpha value is -1.38. The standard InChI is InChI=1S/C9H12NO2/c1-3-5-9(7-11,6-4-2)8(10)12/h3-4H,1-2,5-6H2,(H2,10,12). The number of hydrogen-bond acceptors (Lipinski definition) is 2. The fourth-order valence-corrected chi connectivity index (χ4v) is 0.911. The Balaban J connectivity index is 4.72. The summed E-state index contributed by atoms with van der Waals surface area (Å²) in [4.78, 5) is 21.4. The highest BCUT2D eigenvalue weighted by Gasteiger charge is 2.34. The zero-order chi connectivity index (χ0) is 9.61. The molecule has 0 fully saturated rings. The summed E-state index contributed by atoms with van der Waals surface area (Å²) in [6.07, 6.45) is 5.00. The zero-order valence-electron chi connectivity index (χ0n) is 6.88. The average molecular weight is 166 g/mol. The Labute approximate surface area is 71.9 Å². The lowest BCUT2D eigenvalue weighted by Crippen LogP contribution is -2.37. The second kappa shape index (κ2) is 4.49. The van der Waals surface area contributed by atoms with Gasteiger partial charge in [0, 0.05) is 0 Å². The Bertz CT molecular complexity index is 199. The van der Waals surface area contributed by atoms with Gasteiger partial charge >= 0.3 is 0 Å². The van der Waals surface area contributed by atoms with E-state index in [1.54, 1.807) is 6.29 Å². The van der Waals surface area contributed by atoms with Gasteiger partial charge in [-0.2, -0.15) is 0 Å². The highest BCUT2D eigenvalue weighted by molar-refractivity contribution is 5.96. The van der Waals surface area contributed by atoms with E-state index in [4.69, 9.17) is 5.73 Å². The first-order valence-corrected chi connectivity index (χ1v) is 3.54. The normalized spacial score (nSPS) is 10.3. The second-order valence-corrected chi connectivity index (χ2v) is 2.53. The molecule has 1 amide bonds. The molecule has 0 atom stereocenters. The molecule has 0 rings (SSSR count). The fraction of sp³-hybridized carbons (Fsp3) is 0.333. The van der Waals surface area contributed by atoms with Crippen molar-refractivity contribution in [1.82, 2.24) is 0 Å². The Kier molecular flexibility index (Phi) is 3.97. The van der Waals surface area contributed by atoms with Crippen LogP contribution in [-0.2, 0) is 9.59 Å². The predicted octanol–water partition coefficient (Wildman–Crippen LogP) is 0.720. The molecule has 0 aromatic heterocycles. The van der Waals surface area contributed by atoms with Crippen LogP contribution < -0.4 is 5.73 Å². The molecule has 0 heterocycles. The quantitative estimate of drug-likeness (QED) is 0.467. The van der Waals surface area contributed by atoms with E-state index in [-0.39, 0.29) is 12.8 Å². The number of rotatable bonds is 6. The molecule has 0 aliphatic heterocycles. The van der Waals surface area contributed by atoms with E-state index >= 15 is 0 Å². The van der Waals surface area contributed by atoms with Gasteiger partial charge in [0.25, 0.3) is 0 Å². The van der Waals surface area contributed by atoms with Crippen LogP contribution in [0.4, 0.5) is 0 Å². The summed E-state index contributed by atoms with van der Waals surface area (Å²) in [6, 6.07) is 0. The third kappa shape index (κ3) is 2.05. The molecule has 0 bridgehead atoms. The summed E-state index contributed by atoms with van der Waals surface area (Å²) >= 11 is 0. The Morgan fingerprint density at radius 2 is 1.83 bits per heavy atom. The molecule has 0 unspecified atom stereocenters. The number of nitrogens with two attached hydrogens (primary N) is 1. The summed E-state index contributed by atoms with van der Waals surface area (Å²) < 4.78 is 0. The van der Waals surface area contributed by atoms with Crippen LogP contribution in [0.1, 0.15) is 12.8 Å². The monoisotopic (exact) mass is 166 g/mol. The van der Waals surface area contributed by atoms with Gasteiger partial charge in [-0.05, 0) is 12.8 Å². The van der Waals surface area contributed by atoms with Gasteiger partial charge < -0.3 is 5.73 Å². The van der Waals surface area contributed by atoms with Crippen molar-refractivity contribution in [3.05, 3.63) is 25.3 Å². The zero-order valence-corrected chi connectivity index (χ0v) is 6.88. The number of hydrogen-bond donors (Lipinski definition) is 1. The smallest absolute Gasteiger partial charge is 0.232 e. The van der Waals surface area contributed by atoms with Crippen molar-refractivity contribution in [2.45, 2.75) is 12.8 Å². The molecule has 2 N–H and O–H groups in total. The van der Waals surface area contributed by atoms with Crippen LogP contribution in [0.5, 0.6) is 0 Å². The minimum absolute atomic E-state index is 0.206. The van der Waals surface area contributed by atoms with Crippen LogP contribution in [0.3, 0.4) is 0 Å². The molecule has 65 valence electrons. The molecule has 3 nitrogen and oxygen atoms in total. The minimum Gasteiger partial charge on any atom is -0.369 e. The molecule has 0 spiro atoms. The van der Waals surface area contributed by atoms with E-state index in [0.29, 0.717) is 0 Å². The maximum atomic E-state index is 10.9. The van der Waals surface area contributed by atoms with Crippen molar-refractivity contribution in [2.75, 3.05) is 0 Å². The van der Waals surface area contributed by atoms with E-state index in [2.05, 4.69) is 13.2 Å². The molecule has 12 heavy (non-hydrogen) atoms. The summed E-state index contributed by atoms with van der Waals surface area (Å²) in [5, 5.41) is 0. The lowest BCUT2D eigenvalue weighted by Gasteiger charge is -2.19. The first-order chi connectivity index (χ1) is 5.63. The van der Waals surface area contributed by atoms with Gasteiger partial charge in [-0.3, -0.25) is 9.59 Å². The third-order valence-electron chi connectivity index (χ3n) is 1.65. The van der Waals surface area contributed by atoms with Crippen molar-refractivity contribution < 1.29 is 9.59 Å². The van der Waals surface area contributed by atoms with Gasteiger partial charge in [0.1, 0.15) is 5.41 Å². The summed E-state index contributed by atoms with van der Waals surface area (Å²) in [5.74, 6) is -0.683. The van der Waals surface area contributed by atoms with Gasteiger partial charge in [0.15, 0.2) is 0 Å². The Morgan fingerprint density at radius 1 is 1.42 bits per heavy atom. The van der Waals surface area contributed by atoms with E-state index in [1.807, 2.05) is 0 Å². The molecule has 3 heteroatoms. The second-order valence-electron chi connectivity index (χ2n) is 2.53. The molecular weight excluding hydrogens is 154 g/mol. The first kappa shape index (κ1) is 10.6. The highest BCUT2D eigenvalue weighted by atomic mass is 16.2. The summed E-state index contributed by atoms with van der Waals surface area (Å²) in [5.41, 5.74) is 3.80. The van der Waals surface area contributed by atoms with E-state index in [9.17, 15) is 9.59 Å². The van der Waals surface area contributed by atoms with Gasteiger partial charge in [-0.1, -0.05) is 12.2 Å². The van der Waals surface area contributed by atoms with Crippen molar-refractivity contribution in [3.63, 3.8) is 0 Å². The first-order valence-electron chi connectivity index (χ1n) is 3.54. The lowest BCUT2D eigenvalue weighted by atomic mass is 9.82. The topological polar surface area (TPSA) is 60.2 Å². The van der Waals surface area contributed by atoms with E-state index in [1.165, 1.54) is 12.2 Å². The number of allylic oxidation sites excluding steroid dienone is 2. The third-order valence-corrected chi connectivity index (χ3v) is 1.65. The molecule has 0 aromatic carbocycles. The van der Waals surface area contributed by atoms with E-state index in [0.717, 1.165) is 0 Å². The molecule has 0 aliphatic carbocycles. The van der Waals surface area contributed by atoms with Gasteiger partial charge in [-0.15, -0.1) is 13.2 Å². The van der Waals surface area contributed by atoms with Crippen molar-refractivity contribution in [1.29, 1.82) is 0 Å². The van der Waals surface area contributed by atoms with Crippen molar-refractivity contribution in [2.24, 2.45) is 11.1 Å². The maximum absolute atomic E-state index is 10.9. The average Bonchev–Trinajstić information content (AvgIpc) is 2.03. The van der Waals surface area contributed by atoms with Crippen LogP contribution in [0.2, 0.25) is 0 Å². The minimum atomic E-state index is -1.26. The number of amides is 1. The van der Waals surface area contributed by atoms with Crippen LogP contribution in [0, 0.1) is 5.41 Å². The molecule has 0 aliphatic rings. The summed E-state index contributed by atoms with van der Waals surface area (Å²) in [6.45, 7) is 6.87. The predicted molar refractivity (Wildman–Crippen MR) is 46.9 cm³/mol. The van der Waals surface area contributed by atoms with Crippen LogP contribution >= 0.6 is 0 Å². The Morgan fingerprint density at radius 3 is 2.00 bits per heavy atom. The van der Waals surface area contributed by atoms with Crippen LogP contribution in [0.15, 0.2) is 25.3 Å². The highest BCUT2D eigenvalue weighted by Crippen LogP contribution is 2.24. The maximum Gasteiger partial charge on any atom is 0.232 e. The molecule has 0 aromatic rings. The fourth-order valence-electron chi connectivity index (χ4n) is 0.911. The van der Waals surface area contributed by atoms with Gasteiger partial charge in [0.05, 0.1) is 0 Å². The molecule has 0 saturated heterocycles.